The molecule has 0 aliphatic rings. The number of halogens is 1. The molecule has 9 heteroatoms. The molecule has 7 nitrogen and oxygen atoms in total. The van der Waals surface area contributed by atoms with Crippen LogP contribution in [0.1, 0.15) is 10.4 Å². The lowest BCUT2D eigenvalue weighted by Crippen LogP contribution is -2.00. The summed E-state index contributed by atoms with van der Waals surface area (Å²) in [5.74, 6) is 0. The summed E-state index contributed by atoms with van der Waals surface area (Å²) in [5.41, 5.74) is 1.19. The number of nitrogens with zero attached hydrogens (tertiary/aromatic N) is 2. The molecule has 21 heavy (non-hydrogen) atoms. The van der Waals surface area contributed by atoms with Crippen LogP contribution in [0.5, 0.6) is 0 Å². The number of nitro groups is 2. The Hall–Kier alpha value is -2.19. The van der Waals surface area contributed by atoms with E-state index >= 15 is 0 Å². The van der Waals surface area contributed by atoms with Crippen molar-refractivity contribution in [1.29, 1.82) is 0 Å². The van der Waals surface area contributed by atoms with Gasteiger partial charge in [0, 0.05) is 29.2 Å². The molecule has 110 valence electrons. The summed E-state index contributed by atoms with van der Waals surface area (Å²) in [4.78, 5) is 21.2. The highest BCUT2D eigenvalue weighted by Gasteiger charge is 2.15. The maximum atomic E-state index is 10.8. The zero-order valence-electron chi connectivity index (χ0n) is 10.8. The van der Waals surface area contributed by atoms with E-state index in [0.717, 1.165) is 16.2 Å². The Bertz CT molecular complexity index is 717. The van der Waals surface area contributed by atoms with Gasteiger partial charge in [0.15, 0.2) is 0 Å². The number of nitrogens with one attached hydrogen (secondary N) is 1. The van der Waals surface area contributed by atoms with Crippen molar-refractivity contribution in [2.24, 2.45) is 0 Å². The Morgan fingerprint density at radius 3 is 2.52 bits per heavy atom. The molecule has 0 spiro atoms. The maximum absolute atomic E-state index is 10.8. The molecule has 0 saturated carbocycles. The first-order chi connectivity index (χ1) is 9.88. The Morgan fingerprint density at radius 2 is 1.95 bits per heavy atom. The average molecular weight is 328 g/mol. The summed E-state index contributed by atoms with van der Waals surface area (Å²) in [5, 5.41) is 24.6. The molecule has 2 rings (SSSR count). The third-order valence-electron chi connectivity index (χ3n) is 2.77. The van der Waals surface area contributed by atoms with Crippen LogP contribution in [-0.4, -0.2) is 9.85 Å². The molecule has 0 aliphatic heterocycles. The molecule has 2 aromatic rings. The third kappa shape index (κ3) is 3.47. The number of aryl methyl sites for hydroxylation is 1. The molecule has 0 radical (unpaired) electrons. The Labute approximate surface area is 128 Å². The minimum Gasteiger partial charge on any atom is -0.380 e. The second-order valence-electron chi connectivity index (χ2n) is 4.23. The highest BCUT2D eigenvalue weighted by Crippen LogP contribution is 2.31. The van der Waals surface area contributed by atoms with E-state index < -0.39 is 9.85 Å². The van der Waals surface area contributed by atoms with Crippen molar-refractivity contribution in [3.05, 3.63) is 60.0 Å². The van der Waals surface area contributed by atoms with Crippen LogP contribution in [0.4, 0.5) is 16.4 Å². The molecule has 0 atom stereocenters. The number of benzene rings is 1. The van der Waals surface area contributed by atoms with Crippen molar-refractivity contribution in [2.75, 3.05) is 5.32 Å². The van der Waals surface area contributed by atoms with Crippen molar-refractivity contribution >= 4 is 39.3 Å². The summed E-state index contributed by atoms with van der Waals surface area (Å²) in [7, 11) is 0. The highest BCUT2D eigenvalue weighted by atomic mass is 35.5. The molecule has 0 saturated heterocycles. The molecule has 1 aromatic carbocycles. The summed E-state index contributed by atoms with van der Waals surface area (Å²) >= 11 is 6.93. The smallest absolute Gasteiger partial charge is 0.324 e. The monoisotopic (exact) mass is 327 g/mol. The number of thiophene rings is 1. The molecule has 0 amide bonds. The maximum Gasteiger partial charge on any atom is 0.324 e. The van der Waals surface area contributed by atoms with Crippen LogP contribution in [0.15, 0.2) is 24.3 Å². The van der Waals surface area contributed by atoms with Crippen molar-refractivity contribution in [3.63, 3.8) is 0 Å². The largest absolute Gasteiger partial charge is 0.380 e. The van der Waals surface area contributed by atoms with Crippen molar-refractivity contribution in [2.45, 2.75) is 13.5 Å². The molecular weight excluding hydrogens is 318 g/mol. The standard InChI is InChI=1S/C12H10ClN3O4S/c1-7-4-11(15(17)18)9(13)5-10(7)14-6-8-2-3-12(21-8)16(19)20/h2-5,14H,6H2,1H3. The Balaban J connectivity index is 2.14. The number of nitro benzene ring substituents is 1. The van der Waals surface area contributed by atoms with Gasteiger partial charge in [0.2, 0.25) is 0 Å². The van der Waals surface area contributed by atoms with E-state index in [2.05, 4.69) is 5.32 Å². The molecule has 0 bridgehead atoms. The van der Waals surface area contributed by atoms with Gasteiger partial charge in [0.05, 0.1) is 9.85 Å². The minimum atomic E-state index is -0.540. The summed E-state index contributed by atoms with van der Waals surface area (Å²) in [6.07, 6.45) is 0. The second kappa shape index (κ2) is 6.06. The number of rotatable bonds is 5. The van der Waals surface area contributed by atoms with Crippen LogP contribution >= 0.6 is 22.9 Å². The fourth-order valence-corrected chi connectivity index (χ4v) is 2.73. The van der Waals surface area contributed by atoms with Crippen molar-refractivity contribution in [1.82, 2.24) is 0 Å². The van der Waals surface area contributed by atoms with E-state index in [-0.39, 0.29) is 15.7 Å². The summed E-state index contributed by atoms with van der Waals surface area (Å²) in [6.45, 7) is 2.11. The number of anilines is 1. The van der Waals surface area contributed by atoms with Crippen molar-refractivity contribution in [3.8, 4) is 0 Å². The molecule has 1 aromatic heterocycles. The van der Waals surface area contributed by atoms with Gasteiger partial charge in [-0.25, -0.2) is 0 Å². The first-order valence-corrected chi connectivity index (χ1v) is 6.99. The second-order valence-corrected chi connectivity index (χ2v) is 5.78. The van der Waals surface area contributed by atoms with Gasteiger partial charge in [0.1, 0.15) is 5.02 Å². The van der Waals surface area contributed by atoms with E-state index in [1.54, 1.807) is 13.0 Å². The zero-order valence-corrected chi connectivity index (χ0v) is 12.4. The third-order valence-corrected chi connectivity index (χ3v) is 4.11. The van der Waals surface area contributed by atoms with Crippen LogP contribution in [0.25, 0.3) is 0 Å². The van der Waals surface area contributed by atoms with Crippen LogP contribution in [-0.2, 0) is 6.54 Å². The molecule has 1 heterocycles. The predicted octanol–water partition coefficient (Wildman–Crippen LogP) is 4.14. The Morgan fingerprint density at radius 1 is 1.24 bits per heavy atom. The molecule has 0 aliphatic carbocycles. The fourth-order valence-electron chi connectivity index (χ4n) is 1.74. The van der Waals surface area contributed by atoms with Crippen LogP contribution in [0.2, 0.25) is 5.02 Å². The van der Waals surface area contributed by atoms with Gasteiger partial charge in [-0.1, -0.05) is 22.9 Å². The number of hydrogen-bond acceptors (Lipinski definition) is 6. The van der Waals surface area contributed by atoms with Gasteiger partial charge in [-0.15, -0.1) is 0 Å². The molecule has 0 unspecified atom stereocenters. The van der Waals surface area contributed by atoms with Crippen molar-refractivity contribution < 1.29 is 9.85 Å². The fraction of sp³-hybridized carbons (Fsp3) is 0.167. The van der Waals surface area contributed by atoms with Crippen LogP contribution in [0.3, 0.4) is 0 Å². The van der Waals surface area contributed by atoms with Gasteiger partial charge >= 0.3 is 5.00 Å². The summed E-state index contributed by atoms with van der Waals surface area (Å²) < 4.78 is 0. The van der Waals surface area contributed by atoms with Gasteiger partial charge in [0.25, 0.3) is 5.69 Å². The van der Waals surface area contributed by atoms with Gasteiger partial charge in [-0.2, -0.15) is 0 Å². The summed E-state index contributed by atoms with van der Waals surface area (Å²) in [6, 6.07) is 5.98. The van der Waals surface area contributed by atoms with E-state index in [1.807, 2.05) is 0 Å². The lowest BCUT2D eigenvalue weighted by molar-refractivity contribution is -0.384. The van der Waals surface area contributed by atoms with Gasteiger partial charge in [-0.05, 0) is 24.6 Å². The van der Waals surface area contributed by atoms with Gasteiger partial charge < -0.3 is 5.32 Å². The van der Waals surface area contributed by atoms with E-state index in [9.17, 15) is 20.2 Å². The predicted molar refractivity (Wildman–Crippen MR) is 81.1 cm³/mol. The normalized spacial score (nSPS) is 10.4. The van der Waals surface area contributed by atoms with Crippen LogP contribution in [0, 0.1) is 27.2 Å². The Kier molecular flexibility index (Phi) is 4.39. The highest BCUT2D eigenvalue weighted by molar-refractivity contribution is 7.15. The van der Waals surface area contributed by atoms with Crippen LogP contribution < -0.4 is 5.32 Å². The lowest BCUT2D eigenvalue weighted by Gasteiger charge is -2.09. The van der Waals surface area contributed by atoms with E-state index in [1.165, 1.54) is 18.2 Å². The van der Waals surface area contributed by atoms with E-state index in [0.29, 0.717) is 17.8 Å². The minimum absolute atomic E-state index is 0.0465. The topological polar surface area (TPSA) is 98.3 Å². The first-order valence-electron chi connectivity index (χ1n) is 5.80. The SMILES string of the molecule is Cc1cc([N+](=O)[O-])c(Cl)cc1NCc1ccc([N+](=O)[O-])s1. The molecule has 1 N–H and O–H groups in total. The average Bonchev–Trinajstić information content (AvgIpc) is 2.88. The number of hydrogen-bond donors (Lipinski definition) is 1. The zero-order chi connectivity index (χ0) is 15.6. The van der Waals surface area contributed by atoms with E-state index in [4.69, 9.17) is 11.6 Å². The molecule has 0 fully saturated rings. The van der Waals surface area contributed by atoms with Gasteiger partial charge in [-0.3, -0.25) is 20.2 Å². The molecular formula is C12H10ClN3O4S. The first kappa shape index (κ1) is 15.2. The lowest BCUT2D eigenvalue weighted by atomic mass is 10.1. The quantitative estimate of drug-likeness (QED) is 0.657.